The van der Waals surface area contributed by atoms with Crippen LogP contribution in [0, 0.1) is 0 Å². The zero-order chi connectivity index (χ0) is 8.23. The largest absolute Gasteiger partial charge is 0.302 e. The molecule has 0 aromatic heterocycles. The number of quaternary nitrogens is 1. The third kappa shape index (κ3) is 1.67. The summed E-state index contributed by atoms with van der Waals surface area (Å²) in [5, 5.41) is 0. The molecule has 0 unspecified atom stereocenters. The Hall–Kier alpha value is -0.820. The van der Waals surface area contributed by atoms with Gasteiger partial charge in [0.2, 0.25) is 0 Å². The van der Waals surface area contributed by atoms with Crippen LogP contribution in [0.15, 0.2) is 30.3 Å². The fraction of sp³-hybridized carbons (Fsp3) is 0.455. The Morgan fingerprint density at radius 1 is 0.833 bits per heavy atom. The first-order valence-corrected chi connectivity index (χ1v) is 4.87. The van der Waals surface area contributed by atoms with Crippen LogP contribution >= 0.6 is 0 Å². The van der Waals surface area contributed by atoms with Gasteiger partial charge in [0.1, 0.15) is 5.69 Å². The maximum absolute atomic E-state index is 2.24. The first-order chi connectivity index (χ1) is 5.97. The van der Waals surface area contributed by atoms with Crippen LogP contribution in [0.25, 0.3) is 0 Å². The Bertz CT molecular complexity index is 224. The van der Waals surface area contributed by atoms with Gasteiger partial charge >= 0.3 is 0 Å². The van der Waals surface area contributed by atoms with Crippen molar-refractivity contribution in [1.82, 2.24) is 0 Å². The molecule has 0 spiro atoms. The van der Waals surface area contributed by atoms with Gasteiger partial charge in [-0.2, -0.15) is 0 Å². The van der Waals surface area contributed by atoms with Gasteiger partial charge in [0.05, 0.1) is 13.1 Å². The maximum atomic E-state index is 2.24. The molecule has 1 N–H and O–H groups in total. The Morgan fingerprint density at radius 3 is 2.17 bits per heavy atom. The van der Waals surface area contributed by atoms with Gasteiger partial charge in [0.25, 0.3) is 0 Å². The van der Waals surface area contributed by atoms with Gasteiger partial charge in [-0.25, -0.2) is 0 Å². The summed E-state index contributed by atoms with van der Waals surface area (Å²) >= 11 is 0. The van der Waals surface area contributed by atoms with Crippen molar-refractivity contribution in [3.8, 4) is 0 Å². The second kappa shape index (κ2) is 3.72. The van der Waals surface area contributed by atoms with Crippen LogP contribution in [0.2, 0.25) is 0 Å². The van der Waals surface area contributed by atoms with Crippen molar-refractivity contribution in [2.75, 3.05) is 13.1 Å². The highest BCUT2D eigenvalue weighted by atomic mass is 15.1. The minimum atomic E-state index is 1.32. The summed E-state index contributed by atoms with van der Waals surface area (Å²) in [6.07, 6.45) is 4.21. The van der Waals surface area contributed by atoms with Crippen molar-refractivity contribution in [3.63, 3.8) is 0 Å². The number of piperidine rings is 1. The van der Waals surface area contributed by atoms with Gasteiger partial charge < -0.3 is 4.90 Å². The standard InChI is InChI=1S/C11H15N/c1-3-7-11(8-4-1)12-9-5-2-6-10-12/h1,3-4,7-8H,2,5-6,9-10H2/p+1. The van der Waals surface area contributed by atoms with Crippen LogP contribution < -0.4 is 4.90 Å². The Labute approximate surface area is 74.0 Å². The molecule has 1 nitrogen and oxygen atoms in total. The molecule has 0 atom stereocenters. The summed E-state index contributed by atoms with van der Waals surface area (Å²) in [6.45, 7) is 2.65. The highest BCUT2D eigenvalue weighted by Gasteiger charge is 2.14. The lowest BCUT2D eigenvalue weighted by molar-refractivity contribution is -0.838. The van der Waals surface area contributed by atoms with E-state index in [-0.39, 0.29) is 0 Å². The van der Waals surface area contributed by atoms with Gasteiger partial charge in [0.15, 0.2) is 0 Å². The molecule has 1 saturated heterocycles. The first-order valence-electron chi connectivity index (χ1n) is 4.87. The number of hydrogen-bond acceptors (Lipinski definition) is 0. The lowest BCUT2D eigenvalue weighted by Gasteiger charge is -2.22. The molecule has 1 aromatic rings. The summed E-state index contributed by atoms with van der Waals surface area (Å²) < 4.78 is 0. The van der Waals surface area contributed by atoms with Crippen LogP contribution in [-0.4, -0.2) is 13.1 Å². The van der Waals surface area contributed by atoms with Crippen LogP contribution in [0.3, 0.4) is 0 Å². The van der Waals surface area contributed by atoms with Crippen LogP contribution in [-0.2, 0) is 0 Å². The third-order valence-electron chi connectivity index (χ3n) is 2.64. The van der Waals surface area contributed by atoms with Gasteiger partial charge in [-0.15, -0.1) is 0 Å². The van der Waals surface area contributed by atoms with E-state index in [0.29, 0.717) is 0 Å². The molecule has 0 aliphatic carbocycles. The summed E-state index contributed by atoms with van der Waals surface area (Å²) in [7, 11) is 0. The zero-order valence-electron chi connectivity index (χ0n) is 7.42. The Morgan fingerprint density at radius 2 is 1.50 bits per heavy atom. The predicted octanol–water partition coefficient (Wildman–Crippen LogP) is 1.39. The lowest BCUT2D eigenvalue weighted by Crippen LogP contribution is -3.08. The second-order valence-electron chi connectivity index (χ2n) is 3.53. The Kier molecular flexibility index (Phi) is 2.42. The van der Waals surface area contributed by atoms with E-state index >= 15 is 0 Å². The summed E-state index contributed by atoms with van der Waals surface area (Å²) in [4.78, 5) is 1.67. The molecule has 0 saturated carbocycles. The number of benzene rings is 1. The molecule has 0 amide bonds. The molecule has 2 rings (SSSR count). The van der Waals surface area contributed by atoms with Crippen molar-refractivity contribution in [3.05, 3.63) is 30.3 Å². The monoisotopic (exact) mass is 162 g/mol. The molecule has 12 heavy (non-hydrogen) atoms. The smallest absolute Gasteiger partial charge is 0.131 e. The van der Waals surface area contributed by atoms with E-state index in [1.807, 2.05) is 0 Å². The normalized spacial score (nSPS) is 19.3. The van der Waals surface area contributed by atoms with E-state index in [0.717, 1.165) is 0 Å². The van der Waals surface area contributed by atoms with Crippen molar-refractivity contribution >= 4 is 5.69 Å². The fourth-order valence-electron chi connectivity index (χ4n) is 1.94. The molecule has 64 valence electrons. The molecular formula is C11H16N+. The minimum absolute atomic E-state index is 1.32. The van der Waals surface area contributed by atoms with E-state index in [1.165, 1.54) is 38.0 Å². The van der Waals surface area contributed by atoms with Crippen molar-refractivity contribution < 1.29 is 4.90 Å². The summed E-state index contributed by atoms with van der Waals surface area (Å²) in [5.41, 5.74) is 1.47. The average Bonchev–Trinajstić information content (AvgIpc) is 2.21. The number of rotatable bonds is 1. The number of hydrogen-bond donors (Lipinski definition) is 1. The molecular weight excluding hydrogens is 146 g/mol. The van der Waals surface area contributed by atoms with Gasteiger partial charge in [-0.3, -0.25) is 0 Å². The first kappa shape index (κ1) is 7.81. The van der Waals surface area contributed by atoms with Gasteiger partial charge in [0, 0.05) is 0 Å². The van der Waals surface area contributed by atoms with Crippen LogP contribution in [0.4, 0.5) is 5.69 Å². The molecule has 1 aromatic carbocycles. The van der Waals surface area contributed by atoms with Crippen LogP contribution in [0.1, 0.15) is 19.3 Å². The molecule has 1 aliphatic rings. The van der Waals surface area contributed by atoms with Gasteiger partial charge in [-0.1, -0.05) is 18.2 Å². The number of para-hydroxylation sites is 1. The summed E-state index contributed by atoms with van der Waals surface area (Å²) in [5.74, 6) is 0. The quantitative estimate of drug-likeness (QED) is 0.636. The maximum Gasteiger partial charge on any atom is 0.131 e. The predicted molar refractivity (Wildman–Crippen MR) is 50.6 cm³/mol. The molecule has 1 heteroatoms. The highest BCUT2D eigenvalue weighted by molar-refractivity contribution is 5.27. The zero-order valence-corrected chi connectivity index (χ0v) is 7.42. The van der Waals surface area contributed by atoms with E-state index in [2.05, 4.69) is 30.3 Å². The fourth-order valence-corrected chi connectivity index (χ4v) is 1.94. The SMILES string of the molecule is c1ccc([NH+]2CCCCC2)cc1. The van der Waals surface area contributed by atoms with Gasteiger partial charge in [-0.05, 0) is 31.4 Å². The summed E-state index contributed by atoms with van der Waals surface area (Å²) in [6, 6.07) is 10.8. The van der Waals surface area contributed by atoms with E-state index in [1.54, 1.807) is 4.90 Å². The molecule has 0 radical (unpaired) electrons. The second-order valence-corrected chi connectivity index (χ2v) is 3.53. The van der Waals surface area contributed by atoms with Crippen molar-refractivity contribution in [1.29, 1.82) is 0 Å². The van der Waals surface area contributed by atoms with E-state index < -0.39 is 0 Å². The minimum Gasteiger partial charge on any atom is -0.302 e. The van der Waals surface area contributed by atoms with E-state index in [9.17, 15) is 0 Å². The van der Waals surface area contributed by atoms with Crippen LogP contribution in [0.5, 0.6) is 0 Å². The topological polar surface area (TPSA) is 4.44 Å². The third-order valence-corrected chi connectivity index (χ3v) is 2.64. The van der Waals surface area contributed by atoms with E-state index in [4.69, 9.17) is 0 Å². The number of nitrogens with one attached hydrogen (secondary N) is 1. The molecule has 0 bridgehead atoms. The highest BCUT2D eigenvalue weighted by Crippen LogP contribution is 2.03. The average molecular weight is 162 g/mol. The Balaban J connectivity index is 2.08. The van der Waals surface area contributed by atoms with Crippen molar-refractivity contribution in [2.24, 2.45) is 0 Å². The molecule has 1 heterocycles. The lowest BCUT2D eigenvalue weighted by atomic mass is 10.1. The molecule has 1 aliphatic heterocycles. The molecule has 1 fully saturated rings. The van der Waals surface area contributed by atoms with Crippen molar-refractivity contribution in [2.45, 2.75) is 19.3 Å².